The summed E-state index contributed by atoms with van der Waals surface area (Å²) in [6, 6.07) is 5.63. The average molecular weight is 287 g/mol. The molecule has 0 saturated heterocycles. The maximum atomic E-state index is 9.86. The summed E-state index contributed by atoms with van der Waals surface area (Å²) in [5.41, 5.74) is 0.913. The molecular weight excluding hydrogens is 267 g/mol. The highest BCUT2D eigenvalue weighted by atomic mass is 35.5. The van der Waals surface area contributed by atoms with E-state index in [0.717, 1.165) is 18.4 Å². The Balaban J connectivity index is 2.28. The van der Waals surface area contributed by atoms with Crippen LogP contribution in [0.4, 0.5) is 0 Å². The third kappa shape index (κ3) is 2.68. The summed E-state index contributed by atoms with van der Waals surface area (Å²) < 4.78 is 0. The Morgan fingerprint density at radius 3 is 2.78 bits per heavy atom. The molecule has 100 valence electrons. The molecule has 1 aliphatic rings. The summed E-state index contributed by atoms with van der Waals surface area (Å²) >= 11 is 12.3. The van der Waals surface area contributed by atoms with E-state index in [2.05, 4.69) is 6.92 Å². The predicted octanol–water partition coefficient (Wildman–Crippen LogP) is 4.82. The molecule has 1 nitrogen and oxygen atoms in total. The minimum absolute atomic E-state index is 0.151. The summed E-state index contributed by atoms with van der Waals surface area (Å²) in [5.74, 6) is 0.717. The van der Waals surface area contributed by atoms with Crippen LogP contribution < -0.4 is 0 Å². The minimum Gasteiger partial charge on any atom is -0.395 e. The van der Waals surface area contributed by atoms with Crippen molar-refractivity contribution in [3.8, 4) is 0 Å². The van der Waals surface area contributed by atoms with Crippen molar-refractivity contribution in [3.63, 3.8) is 0 Å². The van der Waals surface area contributed by atoms with E-state index in [-0.39, 0.29) is 12.0 Å². The van der Waals surface area contributed by atoms with E-state index in [9.17, 15) is 5.11 Å². The Morgan fingerprint density at radius 2 is 2.17 bits per heavy atom. The van der Waals surface area contributed by atoms with E-state index in [1.807, 2.05) is 12.1 Å². The number of benzene rings is 1. The van der Waals surface area contributed by atoms with Gasteiger partial charge in [-0.2, -0.15) is 0 Å². The zero-order valence-corrected chi connectivity index (χ0v) is 12.3. The fourth-order valence-corrected chi connectivity index (χ4v) is 3.89. The first kappa shape index (κ1) is 14.2. The fourth-order valence-electron chi connectivity index (χ4n) is 3.28. The summed E-state index contributed by atoms with van der Waals surface area (Å²) in [6.07, 6.45) is 5.70. The van der Waals surface area contributed by atoms with Gasteiger partial charge in [0.1, 0.15) is 0 Å². The van der Waals surface area contributed by atoms with Crippen LogP contribution in [0.1, 0.15) is 44.6 Å². The zero-order chi connectivity index (χ0) is 13.2. The van der Waals surface area contributed by atoms with Crippen LogP contribution in [-0.2, 0) is 5.41 Å². The van der Waals surface area contributed by atoms with Crippen molar-refractivity contribution in [2.75, 3.05) is 6.61 Å². The lowest BCUT2D eigenvalue weighted by molar-refractivity contribution is 0.191. The van der Waals surface area contributed by atoms with Gasteiger partial charge in [-0.1, -0.05) is 49.0 Å². The fraction of sp³-hybridized carbons (Fsp3) is 0.600. The second kappa shape index (κ2) is 5.81. The second-order valence-corrected chi connectivity index (χ2v) is 6.30. The largest absolute Gasteiger partial charge is 0.395 e. The van der Waals surface area contributed by atoms with Gasteiger partial charge in [0.25, 0.3) is 0 Å². The molecule has 1 aliphatic carbocycles. The van der Waals surface area contributed by atoms with E-state index in [1.165, 1.54) is 19.3 Å². The molecule has 1 N–H and O–H groups in total. The van der Waals surface area contributed by atoms with Gasteiger partial charge in [-0.05, 0) is 42.9 Å². The molecule has 0 spiro atoms. The average Bonchev–Trinajstić information content (AvgIpc) is 2.74. The predicted molar refractivity (Wildman–Crippen MR) is 77.5 cm³/mol. The SMILES string of the molecule is CCCC1CCC(CO)(c2ccc(Cl)cc2Cl)C1. The Labute approximate surface area is 119 Å². The van der Waals surface area contributed by atoms with E-state index >= 15 is 0 Å². The van der Waals surface area contributed by atoms with Gasteiger partial charge in [-0.25, -0.2) is 0 Å². The molecule has 0 bridgehead atoms. The normalized spacial score (nSPS) is 27.7. The molecule has 18 heavy (non-hydrogen) atoms. The lowest BCUT2D eigenvalue weighted by Gasteiger charge is -2.29. The van der Waals surface area contributed by atoms with E-state index in [0.29, 0.717) is 16.0 Å². The molecule has 3 heteroatoms. The maximum Gasteiger partial charge on any atom is 0.0528 e. The minimum atomic E-state index is -0.151. The third-order valence-electron chi connectivity index (χ3n) is 4.21. The standard InChI is InChI=1S/C15H20Cl2O/c1-2-3-11-6-7-15(9-11,10-18)13-5-4-12(16)8-14(13)17/h4-5,8,11,18H,2-3,6-7,9-10H2,1H3. The van der Waals surface area contributed by atoms with Crippen molar-refractivity contribution in [2.24, 2.45) is 5.92 Å². The van der Waals surface area contributed by atoms with E-state index in [4.69, 9.17) is 23.2 Å². The van der Waals surface area contributed by atoms with Gasteiger partial charge in [0.2, 0.25) is 0 Å². The smallest absolute Gasteiger partial charge is 0.0528 e. The molecule has 2 atom stereocenters. The number of aliphatic hydroxyl groups excluding tert-OH is 1. The van der Waals surface area contributed by atoms with Crippen molar-refractivity contribution in [1.29, 1.82) is 0 Å². The van der Waals surface area contributed by atoms with Crippen LogP contribution >= 0.6 is 23.2 Å². The molecule has 0 heterocycles. The van der Waals surface area contributed by atoms with Gasteiger partial charge in [-0.15, -0.1) is 0 Å². The summed E-state index contributed by atoms with van der Waals surface area (Å²) in [6.45, 7) is 2.39. The van der Waals surface area contributed by atoms with Crippen molar-refractivity contribution in [3.05, 3.63) is 33.8 Å². The first-order valence-corrected chi connectivity index (χ1v) is 7.43. The topological polar surface area (TPSA) is 20.2 Å². The van der Waals surface area contributed by atoms with Crippen molar-refractivity contribution >= 4 is 23.2 Å². The summed E-state index contributed by atoms with van der Waals surface area (Å²) in [5, 5.41) is 11.2. The molecule has 1 aromatic carbocycles. The number of aliphatic hydroxyl groups is 1. The first-order chi connectivity index (χ1) is 8.61. The van der Waals surface area contributed by atoms with Gasteiger partial charge >= 0.3 is 0 Å². The highest BCUT2D eigenvalue weighted by molar-refractivity contribution is 6.35. The third-order valence-corrected chi connectivity index (χ3v) is 4.76. The Morgan fingerprint density at radius 1 is 1.39 bits per heavy atom. The molecule has 1 saturated carbocycles. The Bertz CT molecular complexity index is 419. The molecule has 2 unspecified atom stereocenters. The molecule has 0 radical (unpaired) electrons. The number of hydrogen-bond acceptors (Lipinski definition) is 1. The van der Waals surface area contributed by atoms with Crippen LogP contribution in [0.3, 0.4) is 0 Å². The monoisotopic (exact) mass is 286 g/mol. The second-order valence-electron chi connectivity index (χ2n) is 5.46. The molecule has 0 aliphatic heterocycles. The van der Waals surface area contributed by atoms with Crippen LogP contribution in [0.5, 0.6) is 0 Å². The quantitative estimate of drug-likeness (QED) is 0.841. The van der Waals surface area contributed by atoms with Crippen molar-refractivity contribution in [1.82, 2.24) is 0 Å². The molecule has 1 aromatic rings. The molecular formula is C15H20Cl2O. The number of halogens is 2. The molecule has 2 rings (SSSR count). The number of rotatable bonds is 4. The van der Waals surface area contributed by atoms with E-state index in [1.54, 1.807) is 6.07 Å². The highest BCUT2D eigenvalue weighted by Crippen LogP contribution is 2.47. The van der Waals surface area contributed by atoms with Gasteiger partial charge in [0.15, 0.2) is 0 Å². The lowest BCUT2D eigenvalue weighted by atomic mass is 9.78. The van der Waals surface area contributed by atoms with Gasteiger partial charge in [0, 0.05) is 15.5 Å². The summed E-state index contributed by atoms with van der Waals surface area (Å²) in [7, 11) is 0. The van der Waals surface area contributed by atoms with Crippen LogP contribution in [0.25, 0.3) is 0 Å². The van der Waals surface area contributed by atoms with Crippen LogP contribution in [0.2, 0.25) is 10.0 Å². The Hall–Kier alpha value is -0.240. The van der Waals surface area contributed by atoms with Crippen LogP contribution in [-0.4, -0.2) is 11.7 Å². The number of hydrogen-bond donors (Lipinski definition) is 1. The van der Waals surface area contributed by atoms with Gasteiger partial charge < -0.3 is 5.11 Å². The lowest BCUT2D eigenvalue weighted by Crippen LogP contribution is -2.27. The highest BCUT2D eigenvalue weighted by Gasteiger charge is 2.40. The van der Waals surface area contributed by atoms with E-state index < -0.39 is 0 Å². The molecule has 0 aromatic heterocycles. The van der Waals surface area contributed by atoms with Crippen molar-refractivity contribution in [2.45, 2.75) is 44.4 Å². The van der Waals surface area contributed by atoms with Gasteiger partial charge in [0.05, 0.1) is 6.61 Å². The first-order valence-electron chi connectivity index (χ1n) is 6.67. The zero-order valence-electron chi connectivity index (χ0n) is 10.8. The van der Waals surface area contributed by atoms with Crippen LogP contribution in [0.15, 0.2) is 18.2 Å². The van der Waals surface area contributed by atoms with Crippen molar-refractivity contribution < 1.29 is 5.11 Å². The molecule has 1 fully saturated rings. The van der Waals surface area contributed by atoms with Gasteiger partial charge in [-0.3, -0.25) is 0 Å². The van der Waals surface area contributed by atoms with Crippen LogP contribution in [0, 0.1) is 5.92 Å². The molecule has 0 amide bonds. The maximum absolute atomic E-state index is 9.86. The Kier molecular flexibility index (Phi) is 4.58. The summed E-state index contributed by atoms with van der Waals surface area (Å²) in [4.78, 5) is 0.